The van der Waals surface area contributed by atoms with Crippen molar-refractivity contribution in [3.05, 3.63) is 0 Å². The van der Waals surface area contributed by atoms with Crippen LogP contribution < -0.4 is 0 Å². The molecule has 160 valence electrons. The van der Waals surface area contributed by atoms with Gasteiger partial charge in [-0.15, -0.1) is 0 Å². The molecule has 0 saturated heterocycles. The van der Waals surface area contributed by atoms with Gasteiger partial charge in [-0.2, -0.15) is 0 Å². The molecule has 0 amide bonds. The first-order chi connectivity index (χ1) is 13.2. The molecular weight excluding hydrogens is 340 g/mol. The van der Waals surface area contributed by atoms with Crippen LogP contribution in [0.3, 0.4) is 0 Å². The van der Waals surface area contributed by atoms with Gasteiger partial charge in [-0.3, -0.25) is 0 Å². The molecule has 4 rings (SSSR count). The highest BCUT2D eigenvalue weighted by atomic mass is 16.1. The molecule has 4 fully saturated rings. The molecule has 11 atom stereocenters. The SMILES string of the molecule is CC1CC[C@@]2(C)C(C1)CC(C)C1C2CC(C)[C@]2(C)C(C(C)CCC=O)CCC12. The topological polar surface area (TPSA) is 17.1 Å². The van der Waals surface area contributed by atoms with E-state index in [0.29, 0.717) is 16.7 Å². The highest BCUT2D eigenvalue weighted by Crippen LogP contribution is 2.71. The van der Waals surface area contributed by atoms with Crippen molar-refractivity contribution in [2.45, 2.75) is 99.3 Å². The van der Waals surface area contributed by atoms with Crippen molar-refractivity contribution < 1.29 is 4.79 Å². The summed E-state index contributed by atoms with van der Waals surface area (Å²) in [6.45, 7) is 15.6. The third kappa shape index (κ3) is 2.96. The number of hydrogen-bond donors (Lipinski definition) is 0. The average Bonchev–Trinajstić information content (AvgIpc) is 3.01. The Morgan fingerprint density at radius 2 is 1.75 bits per heavy atom. The highest BCUT2D eigenvalue weighted by Gasteiger charge is 2.64. The van der Waals surface area contributed by atoms with Crippen molar-refractivity contribution in [3.63, 3.8) is 0 Å². The molecule has 4 aliphatic rings. The van der Waals surface area contributed by atoms with Gasteiger partial charge in [0.2, 0.25) is 0 Å². The predicted octanol–water partition coefficient (Wildman–Crippen LogP) is 7.39. The van der Waals surface area contributed by atoms with Crippen LogP contribution in [-0.4, -0.2) is 6.29 Å². The zero-order chi connectivity index (χ0) is 20.3. The maximum absolute atomic E-state index is 11.0. The maximum atomic E-state index is 11.0. The van der Waals surface area contributed by atoms with Crippen LogP contribution in [-0.2, 0) is 4.79 Å². The van der Waals surface area contributed by atoms with Crippen LogP contribution in [0, 0.1) is 64.1 Å². The Morgan fingerprint density at radius 1 is 1.00 bits per heavy atom. The third-order valence-electron chi connectivity index (χ3n) is 11.4. The lowest BCUT2D eigenvalue weighted by molar-refractivity contribution is -0.162. The van der Waals surface area contributed by atoms with Gasteiger partial charge < -0.3 is 4.79 Å². The summed E-state index contributed by atoms with van der Waals surface area (Å²) in [6, 6.07) is 0. The summed E-state index contributed by atoms with van der Waals surface area (Å²) in [7, 11) is 0. The molecule has 0 N–H and O–H groups in total. The molecule has 1 nitrogen and oxygen atoms in total. The van der Waals surface area contributed by atoms with Crippen molar-refractivity contribution >= 4 is 6.29 Å². The van der Waals surface area contributed by atoms with Crippen LogP contribution in [0.15, 0.2) is 0 Å². The first kappa shape index (κ1) is 20.9. The normalized spacial score (nSPS) is 54.4. The summed E-state index contributed by atoms with van der Waals surface area (Å²) < 4.78 is 0. The molecule has 0 radical (unpaired) electrons. The van der Waals surface area contributed by atoms with Crippen molar-refractivity contribution in [2.75, 3.05) is 0 Å². The fourth-order valence-corrected chi connectivity index (χ4v) is 9.69. The summed E-state index contributed by atoms with van der Waals surface area (Å²) in [5.41, 5.74) is 1.11. The summed E-state index contributed by atoms with van der Waals surface area (Å²) in [4.78, 5) is 11.0. The minimum Gasteiger partial charge on any atom is -0.303 e. The van der Waals surface area contributed by atoms with Crippen LogP contribution in [0.1, 0.15) is 99.3 Å². The van der Waals surface area contributed by atoms with E-state index in [2.05, 4.69) is 41.5 Å². The van der Waals surface area contributed by atoms with E-state index in [9.17, 15) is 4.79 Å². The Morgan fingerprint density at radius 3 is 2.46 bits per heavy atom. The van der Waals surface area contributed by atoms with E-state index < -0.39 is 0 Å². The average molecular weight is 387 g/mol. The minimum atomic E-state index is 0.503. The molecule has 9 unspecified atom stereocenters. The smallest absolute Gasteiger partial charge is 0.120 e. The van der Waals surface area contributed by atoms with E-state index in [0.717, 1.165) is 66.5 Å². The molecule has 0 aromatic rings. The van der Waals surface area contributed by atoms with Gasteiger partial charge in [0.25, 0.3) is 0 Å². The second-order valence-electron chi connectivity index (χ2n) is 12.5. The van der Waals surface area contributed by atoms with Crippen LogP contribution in [0.2, 0.25) is 0 Å². The first-order valence-electron chi connectivity index (χ1n) is 12.7. The molecule has 0 aromatic heterocycles. The van der Waals surface area contributed by atoms with Gasteiger partial charge in [0, 0.05) is 6.42 Å². The second-order valence-corrected chi connectivity index (χ2v) is 12.5. The lowest BCUT2D eigenvalue weighted by atomic mass is 9.40. The molecule has 0 aliphatic heterocycles. The van der Waals surface area contributed by atoms with E-state index in [-0.39, 0.29) is 0 Å². The van der Waals surface area contributed by atoms with E-state index in [1.165, 1.54) is 44.9 Å². The van der Waals surface area contributed by atoms with Crippen LogP contribution >= 0.6 is 0 Å². The van der Waals surface area contributed by atoms with E-state index in [4.69, 9.17) is 0 Å². The van der Waals surface area contributed by atoms with Crippen LogP contribution in [0.25, 0.3) is 0 Å². The first-order valence-corrected chi connectivity index (χ1v) is 12.7. The number of carbonyl (C=O) groups is 1. The molecular formula is C27H46O. The van der Waals surface area contributed by atoms with Crippen LogP contribution in [0.5, 0.6) is 0 Å². The number of aldehydes is 1. The van der Waals surface area contributed by atoms with E-state index in [1.807, 2.05) is 0 Å². The fraction of sp³-hybridized carbons (Fsp3) is 0.963. The van der Waals surface area contributed by atoms with Gasteiger partial charge in [-0.05, 0) is 109 Å². The number of carbonyl (C=O) groups excluding carboxylic acids is 1. The zero-order valence-corrected chi connectivity index (χ0v) is 19.5. The summed E-state index contributed by atoms with van der Waals surface area (Å²) in [5, 5.41) is 0. The molecule has 4 saturated carbocycles. The monoisotopic (exact) mass is 386 g/mol. The summed E-state index contributed by atoms with van der Waals surface area (Å²) >= 11 is 0. The number of hydrogen-bond acceptors (Lipinski definition) is 1. The lowest BCUT2D eigenvalue weighted by Crippen LogP contribution is -2.58. The van der Waals surface area contributed by atoms with Gasteiger partial charge in [-0.1, -0.05) is 48.0 Å². The van der Waals surface area contributed by atoms with Crippen LogP contribution in [0.4, 0.5) is 0 Å². The molecule has 0 spiro atoms. The Kier molecular flexibility index (Phi) is 5.54. The summed E-state index contributed by atoms with van der Waals surface area (Å²) in [6.07, 6.45) is 13.3. The molecule has 0 bridgehead atoms. The number of fused-ring (bicyclic) bond motifs is 5. The van der Waals surface area contributed by atoms with E-state index >= 15 is 0 Å². The molecule has 1 heteroatoms. The Balaban J connectivity index is 1.63. The standard InChI is InChI=1S/C27H46O/c1-17-11-12-26(5)21(14-17)15-19(3)25-23-10-9-22(18(2)8-7-13-28)27(23,6)20(4)16-24(25)26/h13,17-25H,7-12,14-16H2,1-6H3/t17?,18?,19?,20?,21?,22?,23?,24?,25?,26-,27+/m0/s1. The van der Waals surface area contributed by atoms with Gasteiger partial charge in [0.05, 0.1) is 0 Å². The lowest BCUT2D eigenvalue weighted by Gasteiger charge is -2.65. The van der Waals surface area contributed by atoms with Crippen molar-refractivity contribution in [1.82, 2.24) is 0 Å². The second kappa shape index (κ2) is 7.42. The summed E-state index contributed by atoms with van der Waals surface area (Å²) in [5.74, 6) is 8.06. The van der Waals surface area contributed by atoms with Gasteiger partial charge in [0.15, 0.2) is 0 Å². The van der Waals surface area contributed by atoms with E-state index in [1.54, 1.807) is 0 Å². The van der Waals surface area contributed by atoms with Crippen molar-refractivity contribution in [1.29, 1.82) is 0 Å². The third-order valence-corrected chi connectivity index (χ3v) is 11.4. The Labute approximate surface area is 174 Å². The number of rotatable bonds is 4. The Bertz CT molecular complexity index is 583. The molecule has 0 heterocycles. The van der Waals surface area contributed by atoms with Gasteiger partial charge in [0.1, 0.15) is 6.29 Å². The minimum absolute atomic E-state index is 0.503. The van der Waals surface area contributed by atoms with Gasteiger partial charge >= 0.3 is 0 Å². The fourth-order valence-electron chi connectivity index (χ4n) is 9.69. The Hall–Kier alpha value is -0.330. The predicted molar refractivity (Wildman–Crippen MR) is 118 cm³/mol. The quantitative estimate of drug-likeness (QED) is 0.460. The highest BCUT2D eigenvalue weighted by molar-refractivity contribution is 5.49. The molecule has 28 heavy (non-hydrogen) atoms. The maximum Gasteiger partial charge on any atom is 0.120 e. The largest absolute Gasteiger partial charge is 0.303 e. The van der Waals surface area contributed by atoms with Crippen molar-refractivity contribution in [3.8, 4) is 0 Å². The molecule has 0 aromatic carbocycles. The molecule has 4 aliphatic carbocycles. The van der Waals surface area contributed by atoms with Gasteiger partial charge in [-0.25, -0.2) is 0 Å². The van der Waals surface area contributed by atoms with Crippen molar-refractivity contribution in [2.24, 2.45) is 64.1 Å². The zero-order valence-electron chi connectivity index (χ0n) is 19.5.